The Labute approximate surface area is 192 Å². The van der Waals surface area contributed by atoms with Crippen LogP contribution in [0, 0.1) is 18.8 Å². The maximum atomic E-state index is 13.0. The molecule has 172 valence electrons. The molecule has 1 aliphatic heterocycles. The number of pyridine rings is 1. The van der Waals surface area contributed by atoms with Crippen molar-refractivity contribution >= 4 is 5.91 Å². The van der Waals surface area contributed by atoms with Gasteiger partial charge < -0.3 is 10.4 Å². The van der Waals surface area contributed by atoms with Gasteiger partial charge in [0, 0.05) is 19.3 Å². The zero-order chi connectivity index (χ0) is 22.7. The topological polar surface area (TPSA) is 65.5 Å². The highest BCUT2D eigenvalue weighted by Gasteiger charge is 2.33. The second-order valence-electron chi connectivity index (χ2n) is 9.87. The second kappa shape index (κ2) is 10.1. The van der Waals surface area contributed by atoms with Gasteiger partial charge in [-0.15, -0.1) is 0 Å². The van der Waals surface area contributed by atoms with E-state index in [9.17, 15) is 9.90 Å². The monoisotopic (exact) mass is 435 g/mol. The van der Waals surface area contributed by atoms with E-state index in [-0.39, 0.29) is 12.5 Å². The van der Waals surface area contributed by atoms with Gasteiger partial charge in [-0.3, -0.25) is 14.7 Å². The van der Waals surface area contributed by atoms with Crippen molar-refractivity contribution in [2.24, 2.45) is 11.8 Å². The number of fused-ring (bicyclic) bond motifs is 1. The molecule has 4 rings (SSSR count). The summed E-state index contributed by atoms with van der Waals surface area (Å²) in [4.78, 5) is 20.3. The lowest BCUT2D eigenvalue weighted by molar-refractivity contribution is 0.0915. The van der Waals surface area contributed by atoms with Crippen LogP contribution in [-0.4, -0.2) is 34.0 Å². The first-order valence-corrected chi connectivity index (χ1v) is 12.2. The first kappa shape index (κ1) is 22.9. The van der Waals surface area contributed by atoms with Gasteiger partial charge in [0.05, 0.1) is 29.9 Å². The van der Waals surface area contributed by atoms with Crippen LogP contribution in [0.5, 0.6) is 0 Å². The van der Waals surface area contributed by atoms with Gasteiger partial charge in [-0.2, -0.15) is 0 Å². The summed E-state index contributed by atoms with van der Waals surface area (Å²) in [5.41, 5.74) is 4.92. The number of aliphatic hydroxyl groups excluding tert-OH is 1. The largest absolute Gasteiger partial charge is 0.394 e. The van der Waals surface area contributed by atoms with Crippen molar-refractivity contribution < 1.29 is 9.90 Å². The van der Waals surface area contributed by atoms with Crippen molar-refractivity contribution in [3.8, 4) is 0 Å². The number of aromatic nitrogens is 1. The fourth-order valence-corrected chi connectivity index (χ4v) is 5.34. The molecule has 0 bridgehead atoms. The molecule has 1 aromatic carbocycles. The van der Waals surface area contributed by atoms with Gasteiger partial charge >= 0.3 is 0 Å². The number of amides is 1. The van der Waals surface area contributed by atoms with Gasteiger partial charge in [-0.05, 0) is 55.2 Å². The van der Waals surface area contributed by atoms with Crippen molar-refractivity contribution in [3.05, 3.63) is 64.5 Å². The Bertz CT molecular complexity index is 919. The Kier molecular flexibility index (Phi) is 7.27. The van der Waals surface area contributed by atoms with E-state index in [2.05, 4.69) is 24.1 Å². The average Bonchev–Trinajstić information content (AvgIpc) is 3.15. The highest BCUT2D eigenvalue weighted by Crippen LogP contribution is 2.38. The summed E-state index contributed by atoms with van der Waals surface area (Å²) in [5, 5.41) is 12.8. The van der Waals surface area contributed by atoms with E-state index in [0.717, 1.165) is 48.2 Å². The van der Waals surface area contributed by atoms with Crippen LogP contribution in [0.1, 0.15) is 90.8 Å². The first-order chi connectivity index (χ1) is 15.5. The lowest BCUT2D eigenvalue weighted by Crippen LogP contribution is -2.31. The molecule has 0 saturated heterocycles. The third kappa shape index (κ3) is 5.05. The quantitative estimate of drug-likeness (QED) is 0.646. The Balaban J connectivity index is 1.44. The number of aliphatic hydroxyl groups is 1. The van der Waals surface area contributed by atoms with E-state index in [1.54, 1.807) is 6.20 Å². The minimum Gasteiger partial charge on any atom is -0.394 e. The van der Waals surface area contributed by atoms with Crippen molar-refractivity contribution in [2.75, 3.05) is 13.2 Å². The van der Waals surface area contributed by atoms with E-state index in [4.69, 9.17) is 4.98 Å². The standard InChI is InChI=1S/C27H37N3O2/c1-4-25-26-23(16-30(25)15-20-9-5-18(2)6-10-20)13-22(14-28-26)27(32)29-24(17-31)21-11-7-19(3)8-12-21/h7-8,11-14,18,20,24-25,31H,4-6,9-10,15-17H2,1-3H3,(H,29,32)/t18-,20-,24-,25-/m0/s1. The van der Waals surface area contributed by atoms with Crippen molar-refractivity contribution in [2.45, 2.75) is 71.5 Å². The average molecular weight is 436 g/mol. The fraction of sp³-hybridized carbons (Fsp3) is 0.556. The first-order valence-electron chi connectivity index (χ1n) is 12.2. The number of carbonyl (C=O) groups excluding carboxylic acids is 1. The molecule has 0 spiro atoms. The maximum Gasteiger partial charge on any atom is 0.253 e. The number of benzene rings is 1. The molecular formula is C27H37N3O2. The number of nitrogens with zero attached hydrogens (tertiary/aromatic N) is 2. The summed E-state index contributed by atoms with van der Waals surface area (Å²) >= 11 is 0. The zero-order valence-electron chi connectivity index (χ0n) is 19.7. The SMILES string of the molecule is CC[C@H]1c2ncc(C(=O)N[C@@H](CO)c3ccc(C)cc3)cc2CN1C[C@H]1CC[C@H](C)CC1. The van der Waals surface area contributed by atoms with Gasteiger partial charge in [0.25, 0.3) is 5.91 Å². The highest BCUT2D eigenvalue weighted by atomic mass is 16.3. The molecule has 1 aromatic heterocycles. The zero-order valence-corrected chi connectivity index (χ0v) is 19.7. The molecule has 1 fully saturated rings. The summed E-state index contributed by atoms with van der Waals surface area (Å²) < 4.78 is 0. The van der Waals surface area contributed by atoms with Crippen molar-refractivity contribution in [1.82, 2.24) is 15.2 Å². The van der Waals surface area contributed by atoms with E-state index >= 15 is 0 Å². The van der Waals surface area contributed by atoms with Crippen LogP contribution in [0.4, 0.5) is 0 Å². The van der Waals surface area contributed by atoms with Crippen molar-refractivity contribution in [1.29, 1.82) is 0 Å². The molecule has 2 aromatic rings. The summed E-state index contributed by atoms with van der Waals surface area (Å²) in [6.07, 6.45) is 8.08. The molecule has 2 N–H and O–H groups in total. The lowest BCUT2D eigenvalue weighted by atomic mass is 9.82. The summed E-state index contributed by atoms with van der Waals surface area (Å²) in [7, 11) is 0. The van der Waals surface area contributed by atoms with Crippen LogP contribution in [0.25, 0.3) is 0 Å². The molecule has 2 aliphatic rings. The Hall–Kier alpha value is -2.24. The number of nitrogens with one attached hydrogen (secondary N) is 1. The summed E-state index contributed by atoms with van der Waals surface area (Å²) in [6.45, 7) is 8.48. The second-order valence-corrected chi connectivity index (χ2v) is 9.87. The van der Waals surface area contributed by atoms with E-state index in [1.165, 1.54) is 31.2 Å². The smallest absolute Gasteiger partial charge is 0.253 e. The third-order valence-electron chi connectivity index (χ3n) is 7.38. The molecule has 2 heterocycles. The van der Waals surface area contributed by atoms with E-state index < -0.39 is 6.04 Å². The molecule has 5 nitrogen and oxygen atoms in total. The number of hydrogen-bond donors (Lipinski definition) is 2. The predicted molar refractivity (Wildman–Crippen MR) is 127 cm³/mol. The summed E-state index contributed by atoms with van der Waals surface area (Å²) in [6, 6.07) is 9.82. The molecule has 1 amide bonds. The van der Waals surface area contributed by atoms with Crippen LogP contribution < -0.4 is 5.32 Å². The fourth-order valence-electron chi connectivity index (χ4n) is 5.34. The molecule has 2 atom stereocenters. The van der Waals surface area contributed by atoms with E-state index in [1.807, 2.05) is 37.3 Å². The molecule has 32 heavy (non-hydrogen) atoms. The van der Waals surface area contributed by atoms with Gasteiger partial charge in [-0.1, -0.05) is 56.5 Å². The number of aryl methyl sites for hydroxylation is 1. The summed E-state index contributed by atoms with van der Waals surface area (Å²) in [5.74, 6) is 1.46. The van der Waals surface area contributed by atoms with Crippen LogP contribution in [0.2, 0.25) is 0 Å². The molecule has 0 unspecified atom stereocenters. The van der Waals surface area contributed by atoms with Crippen LogP contribution in [-0.2, 0) is 6.54 Å². The molecule has 5 heteroatoms. The van der Waals surface area contributed by atoms with Crippen LogP contribution >= 0.6 is 0 Å². The molecule has 1 aliphatic carbocycles. The highest BCUT2D eigenvalue weighted by molar-refractivity contribution is 5.94. The number of carbonyl (C=O) groups is 1. The van der Waals surface area contributed by atoms with Crippen LogP contribution in [0.15, 0.2) is 36.5 Å². The molecular weight excluding hydrogens is 398 g/mol. The van der Waals surface area contributed by atoms with Gasteiger partial charge in [-0.25, -0.2) is 0 Å². The number of rotatable bonds is 7. The van der Waals surface area contributed by atoms with Gasteiger partial charge in [0.1, 0.15) is 0 Å². The Morgan fingerprint density at radius 1 is 1.22 bits per heavy atom. The number of hydrogen-bond acceptors (Lipinski definition) is 4. The van der Waals surface area contributed by atoms with E-state index in [0.29, 0.717) is 11.6 Å². The van der Waals surface area contributed by atoms with Crippen molar-refractivity contribution in [3.63, 3.8) is 0 Å². The van der Waals surface area contributed by atoms with Gasteiger partial charge in [0.15, 0.2) is 0 Å². The maximum absolute atomic E-state index is 13.0. The third-order valence-corrected chi connectivity index (χ3v) is 7.38. The van der Waals surface area contributed by atoms with Gasteiger partial charge in [0.2, 0.25) is 0 Å². The Morgan fingerprint density at radius 2 is 1.94 bits per heavy atom. The van der Waals surface area contributed by atoms with Crippen LogP contribution in [0.3, 0.4) is 0 Å². The minimum absolute atomic E-state index is 0.140. The normalized spacial score (nSPS) is 24.2. The molecule has 1 saturated carbocycles. The predicted octanol–water partition coefficient (Wildman–Crippen LogP) is 4.95. The molecule has 0 radical (unpaired) electrons. The lowest BCUT2D eigenvalue weighted by Gasteiger charge is -2.32. The Morgan fingerprint density at radius 3 is 2.59 bits per heavy atom. The minimum atomic E-state index is -0.426.